The predicted molar refractivity (Wildman–Crippen MR) is 73.5 cm³/mol. The average molecular weight is 256 g/mol. The van der Waals surface area contributed by atoms with Gasteiger partial charge in [-0.15, -0.1) is 0 Å². The zero-order valence-corrected chi connectivity index (χ0v) is 12.5. The first-order valence-corrected chi connectivity index (χ1v) is 6.92. The fraction of sp³-hybridized carbons (Fsp3) is 0.929. The van der Waals surface area contributed by atoms with Crippen LogP contribution in [0, 0.1) is 11.8 Å². The minimum atomic E-state index is -0.568. The monoisotopic (exact) mass is 256 g/mol. The summed E-state index contributed by atoms with van der Waals surface area (Å²) >= 11 is 0. The van der Waals surface area contributed by atoms with E-state index in [1.807, 2.05) is 14.0 Å². The molecule has 1 N–H and O–H groups in total. The average Bonchev–Trinajstić information content (AvgIpc) is 2.38. The number of esters is 1. The van der Waals surface area contributed by atoms with Crippen molar-refractivity contribution in [1.29, 1.82) is 0 Å². The number of carbonyl (C=O) groups excluding carboxylic acids is 1. The van der Waals surface area contributed by atoms with Crippen LogP contribution >= 0.6 is 0 Å². The van der Waals surface area contributed by atoms with Gasteiger partial charge in [0.2, 0.25) is 0 Å². The van der Waals surface area contributed by atoms with Gasteiger partial charge in [-0.3, -0.25) is 4.79 Å². The summed E-state index contributed by atoms with van der Waals surface area (Å²) in [6.07, 6.45) is 2.05. The number of nitrogens with zero attached hydrogens (tertiary/aromatic N) is 1. The fourth-order valence-electron chi connectivity index (χ4n) is 2.49. The summed E-state index contributed by atoms with van der Waals surface area (Å²) in [6.45, 7) is 9.79. The van der Waals surface area contributed by atoms with E-state index in [9.17, 15) is 4.79 Å². The molecule has 0 aliphatic carbocycles. The van der Waals surface area contributed by atoms with E-state index in [0.29, 0.717) is 0 Å². The number of hydrogen-bond donors (Lipinski definition) is 1. The molecule has 0 radical (unpaired) electrons. The maximum absolute atomic E-state index is 11.8. The molecule has 0 aromatic rings. The number of ether oxygens (including phenoxy) is 1. The number of piperidine rings is 1. The van der Waals surface area contributed by atoms with E-state index in [4.69, 9.17) is 4.74 Å². The number of likely N-dealkylation sites (tertiary alicyclic amines) is 1. The Kier molecular flexibility index (Phi) is 5.60. The van der Waals surface area contributed by atoms with Crippen LogP contribution in [0.25, 0.3) is 0 Å². The predicted octanol–water partition coefficient (Wildman–Crippen LogP) is 1.51. The third kappa shape index (κ3) is 3.69. The van der Waals surface area contributed by atoms with Crippen LogP contribution in [-0.4, -0.2) is 50.2 Å². The molecule has 0 spiro atoms. The molecule has 3 atom stereocenters. The molecule has 0 aromatic heterocycles. The molecule has 4 heteroatoms. The molecule has 0 aromatic carbocycles. The summed E-state index contributed by atoms with van der Waals surface area (Å²) in [5, 5.41) is 3.09. The highest BCUT2D eigenvalue weighted by atomic mass is 16.5. The Balaban J connectivity index is 2.46. The molecule has 0 bridgehead atoms. The van der Waals surface area contributed by atoms with Gasteiger partial charge in [0.25, 0.3) is 0 Å². The highest BCUT2D eigenvalue weighted by Crippen LogP contribution is 2.23. The highest BCUT2D eigenvalue weighted by molar-refractivity contribution is 5.80. The summed E-state index contributed by atoms with van der Waals surface area (Å²) < 4.78 is 4.86. The number of likely N-dealkylation sites (N-methyl/N-ethyl adjacent to an activating group) is 1. The van der Waals surface area contributed by atoms with Crippen LogP contribution in [0.2, 0.25) is 0 Å². The van der Waals surface area contributed by atoms with Crippen LogP contribution in [-0.2, 0) is 9.53 Å². The second kappa shape index (κ2) is 6.53. The first-order valence-electron chi connectivity index (χ1n) is 6.92. The van der Waals surface area contributed by atoms with Crippen molar-refractivity contribution >= 4 is 5.97 Å². The van der Waals surface area contributed by atoms with E-state index in [0.717, 1.165) is 37.9 Å². The molecular formula is C14H28N2O2. The number of hydrogen-bond acceptors (Lipinski definition) is 4. The smallest absolute Gasteiger partial charge is 0.325 e. The summed E-state index contributed by atoms with van der Waals surface area (Å²) in [6, 6.07) is 0. The Labute approximate surface area is 111 Å². The van der Waals surface area contributed by atoms with E-state index >= 15 is 0 Å². The van der Waals surface area contributed by atoms with Crippen molar-refractivity contribution in [3.8, 4) is 0 Å². The number of rotatable bonds is 5. The summed E-state index contributed by atoms with van der Waals surface area (Å²) in [5.41, 5.74) is -0.568. The quantitative estimate of drug-likeness (QED) is 0.757. The van der Waals surface area contributed by atoms with Gasteiger partial charge in [-0.25, -0.2) is 0 Å². The molecular weight excluding hydrogens is 228 g/mol. The number of methoxy groups -OCH3 is 1. The third-order valence-corrected chi connectivity index (χ3v) is 4.53. The van der Waals surface area contributed by atoms with Crippen LogP contribution < -0.4 is 5.32 Å². The molecule has 1 heterocycles. The molecule has 1 saturated heterocycles. The van der Waals surface area contributed by atoms with Crippen molar-refractivity contribution in [1.82, 2.24) is 10.2 Å². The normalized spacial score (nSPS) is 28.7. The standard InChI is InChI=1S/C14H28N2O2/c1-11-6-8-16(10-12(11)2)9-7-14(3,15-4)13(17)18-5/h11-12,15H,6-10H2,1-5H3. The Bertz CT molecular complexity index is 283. The van der Waals surface area contributed by atoms with Crippen LogP contribution in [0.3, 0.4) is 0 Å². The second-order valence-electron chi connectivity index (χ2n) is 5.87. The minimum absolute atomic E-state index is 0.177. The van der Waals surface area contributed by atoms with Crippen molar-refractivity contribution in [2.24, 2.45) is 11.8 Å². The third-order valence-electron chi connectivity index (χ3n) is 4.53. The van der Waals surface area contributed by atoms with Crippen molar-refractivity contribution in [3.63, 3.8) is 0 Å². The van der Waals surface area contributed by atoms with Gasteiger partial charge >= 0.3 is 5.97 Å². The lowest BCUT2D eigenvalue weighted by Crippen LogP contribution is -2.51. The van der Waals surface area contributed by atoms with Crippen LogP contribution in [0.1, 0.15) is 33.6 Å². The van der Waals surface area contributed by atoms with Crippen molar-refractivity contribution < 1.29 is 9.53 Å². The molecule has 4 nitrogen and oxygen atoms in total. The Hall–Kier alpha value is -0.610. The van der Waals surface area contributed by atoms with Gasteiger partial charge in [0.1, 0.15) is 5.54 Å². The number of carbonyl (C=O) groups is 1. The lowest BCUT2D eigenvalue weighted by molar-refractivity contribution is -0.148. The van der Waals surface area contributed by atoms with E-state index in [1.54, 1.807) is 0 Å². The molecule has 18 heavy (non-hydrogen) atoms. The van der Waals surface area contributed by atoms with Crippen molar-refractivity contribution in [2.75, 3.05) is 33.8 Å². The zero-order valence-electron chi connectivity index (χ0n) is 12.5. The van der Waals surface area contributed by atoms with Crippen LogP contribution in [0.5, 0.6) is 0 Å². The lowest BCUT2D eigenvalue weighted by Gasteiger charge is -2.37. The van der Waals surface area contributed by atoms with E-state index in [-0.39, 0.29) is 5.97 Å². The van der Waals surface area contributed by atoms with E-state index in [2.05, 4.69) is 24.1 Å². The van der Waals surface area contributed by atoms with Gasteiger partial charge in [0.05, 0.1) is 7.11 Å². The summed E-state index contributed by atoms with van der Waals surface area (Å²) in [7, 11) is 3.26. The van der Waals surface area contributed by atoms with Gasteiger partial charge in [-0.1, -0.05) is 13.8 Å². The fourth-order valence-corrected chi connectivity index (χ4v) is 2.49. The topological polar surface area (TPSA) is 41.6 Å². The van der Waals surface area contributed by atoms with Gasteiger partial charge in [-0.2, -0.15) is 0 Å². The molecule has 3 unspecified atom stereocenters. The maximum atomic E-state index is 11.8. The summed E-state index contributed by atoms with van der Waals surface area (Å²) in [4.78, 5) is 14.2. The summed E-state index contributed by atoms with van der Waals surface area (Å²) in [5.74, 6) is 1.39. The van der Waals surface area contributed by atoms with Crippen LogP contribution in [0.4, 0.5) is 0 Å². The maximum Gasteiger partial charge on any atom is 0.325 e. The zero-order chi connectivity index (χ0) is 13.8. The van der Waals surface area contributed by atoms with Gasteiger partial charge in [0, 0.05) is 13.1 Å². The van der Waals surface area contributed by atoms with Crippen molar-refractivity contribution in [3.05, 3.63) is 0 Å². The molecule has 1 fully saturated rings. The van der Waals surface area contributed by atoms with Gasteiger partial charge in [-0.05, 0) is 45.2 Å². The van der Waals surface area contributed by atoms with E-state index < -0.39 is 5.54 Å². The Morgan fingerprint density at radius 2 is 2.11 bits per heavy atom. The molecule has 1 aliphatic heterocycles. The Morgan fingerprint density at radius 1 is 1.44 bits per heavy atom. The second-order valence-corrected chi connectivity index (χ2v) is 5.87. The van der Waals surface area contributed by atoms with Gasteiger partial charge in [0.15, 0.2) is 0 Å². The molecule has 1 rings (SSSR count). The Morgan fingerprint density at radius 3 is 2.61 bits per heavy atom. The first kappa shape index (κ1) is 15.4. The molecule has 0 saturated carbocycles. The lowest BCUT2D eigenvalue weighted by atomic mass is 9.88. The first-order chi connectivity index (χ1) is 8.42. The molecule has 1 aliphatic rings. The van der Waals surface area contributed by atoms with Crippen molar-refractivity contribution in [2.45, 2.75) is 39.2 Å². The van der Waals surface area contributed by atoms with Crippen LogP contribution in [0.15, 0.2) is 0 Å². The molecule has 0 amide bonds. The minimum Gasteiger partial charge on any atom is -0.468 e. The number of nitrogens with one attached hydrogen (secondary N) is 1. The molecule has 106 valence electrons. The van der Waals surface area contributed by atoms with E-state index in [1.165, 1.54) is 13.5 Å². The highest BCUT2D eigenvalue weighted by Gasteiger charge is 2.33. The largest absolute Gasteiger partial charge is 0.468 e. The van der Waals surface area contributed by atoms with Gasteiger partial charge < -0.3 is 15.0 Å². The SMILES string of the molecule is CNC(C)(CCN1CCC(C)C(C)C1)C(=O)OC.